The van der Waals surface area contributed by atoms with Gasteiger partial charge in [-0.2, -0.15) is 0 Å². The van der Waals surface area contributed by atoms with Crippen molar-refractivity contribution in [2.45, 2.75) is 36.0 Å². The van der Waals surface area contributed by atoms with Crippen LogP contribution in [0.25, 0.3) is 0 Å². The molecule has 0 bridgehead atoms. The summed E-state index contributed by atoms with van der Waals surface area (Å²) in [6.07, 6.45) is 5.93. The fourth-order valence-electron chi connectivity index (χ4n) is 1.74. The van der Waals surface area contributed by atoms with Crippen LogP contribution < -0.4 is 0 Å². The van der Waals surface area contributed by atoms with Crippen LogP contribution in [-0.2, 0) is 11.2 Å². The van der Waals surface area contributed by atoms with E-state index in [2.05, 4.69) is 31.6 Å². The molecule has 0 spiro atoms. The van der Waals surface area contributed by atoms with E-state index in [0.717, 1.165) is 6.42 Å². The second kappa shape index (κ2) is 6.97. The van der Waals surface area contributed by atoms with E-state index < -0.39 is 5.97 Å². The second-order valence-corrected chi connectivity index (χ2v) is 5.58. The number of carbonyl (C=O) groups is 1. The lowest BCUT2D eigenvalue weighted by molar-refractivity contribution is -0.137. The predicted molar refractivity (Wildman–Crippen MR) is 75.3 cm³/mol. The molecule has 0 aromatic heterocycles. The summed E-state index contributed by atoms with van der Waals surface area (Å²) < 4.78 is 0. The smallest absolute Gasteiger partial charge is 0.303 e. The summed E-state index contributed by atoms with van der Waals surface area (Å²) >= 11 is 3.47. The molecule has 1 aromatic rings. The summed E-state index contributed by atoms with van der Waals surface area (Å²) in [7, 11) is 0. The van der Waals surface area contributed by atoms with Crippen molar-refractivity contribution in [3.63, 3.8) is 0 Å². The molecular formula is C13H18O2S2. The molecule has 0 radical (unpaired) electrons. The van der Waals surface area contributed by atoms with Crippen LogP contribution in [0.4, 0.5) is 0 Å². The average molecular weight is 270 g/mol. The van der Waals surface area contributed by atoms with Crippen LogP contribution in [0.2, 0.25) is 0 Å². The Morgan fingerprint density at radius 2 is 1.88 bits per heavy atom. The third kappa shape index (κ3) is 4.28. The van der Waals surface area contributed by atoms with Crippen LogP contribution in [0.15, 0.2) is 21.9 Å². The Balaban J connectivity index is 2.84. The van der Waals surface area contributed by atoms with Gasteiger partial charge in [-0.1, -0.05) is 0 Å². The largest absolute Gasteiger partial charge is 0.481 e. The standard InChI is InChI=1S/C13H18O2S2/c1-9-7-12(17-3)10(8-11(9)16-2)5-4-6-13(14)15/h7-8H,4-6H2,1-3H3,(H,14,15). The number of thioether (sulfide) groups is 2. The molecule has 0 aliphatic rings. The van der Waals surface area contributed by atoms with Gasteiger partial charge in [0.15, 0.2) is 0 Å². The third-order valence-corrected chi connectivity index (χ3v) is 4.33. The Morgan fingerprint density at radius 3 is 2.41 bits per heavy atom. The number of carboxylic acids is 1. The zero-order valence-electron chi connectivity index (χ0n) is 10.4. The van der Waals surface area contributed by atoms with Crippen LogP contribution in [0.3, 0.4) is 0 Å². The highest BCUT2D eigenvalue weighted by atomic mass is 32.2. The molecule has 0 saturated carbocycles. The Hall–Kier alpha value is -0.610. The maximum absolute atomic E-state index is 10.5. The van der Waals surface area contributed by atoms with E-state index in [1.54, 1.807) is 23.5 Å². The van der Waals surface area contributed by atoms with Crippen LogP contribution in [0.5, 0.6) is 0 Å². The summed E-state index contributed by atoms with van der Waals surface area (Å²) in [6, 6.07) is 4.40. The number of aryl methyl sites for hydroxylation is 2. The lowest BCUT2D eigenvalue weighted by Gasteiger charge is -2.11. The summed E-state index contributed by atoms with van der Waals surface area (Å²) in [4.78, 5) is 13.1. The van der Waals surface area contributed by atoms with E-state index in [9.17, 15) is 4.79 Å². The van der Waals surface area contributed by atoms with Gasteiger partial charge < -0.3 is 5.11 Å². The van der Waals surface area contributed by atoms with Crippen LogP contribution in [0.1, 0.15) is 24.0 Å². The van der Waals surface area contributed by atoms with Crippen molar-refractivity contribution in [1.29, 1.82) is 0 Å². The van der Waals surface area contributed by atoms with E-state index >= 15 is 0 Å². The maximum atomic E-state index is 10.5. The van der Waals surface area contributed by atoms with Gasteiger partial charge in [-0.25, -0.2) is 0 Å². The molecule has 0 amide bonds. The Kier molecular flexibility index (Phi) is 5.92. The highest BCUT2D eigenvalue weighted by Gasteiger charge is 2.07. The molecule has 0 atom stereocenters. The number of rotatable bonds is 6. The molecular weight excluding hydrogens is 252 g/mol. The predicted octanol–water partition coefficient (Wildman–Crippen LogP) is 3.85. The van der Waals surface area contributed by atoms with E-state index in [0.29, 0.717) is 6.42 Å². The van der Waals surface area contributed by atoms with Gasteiger partial charge in [0, 0.05) is 16.2 Å². The van der Waals surface area contributed by atoms with Crippen molar-refractivity contribution in [2.75, 3.05) is 12.5 Å². The molecule has 1 aromatic carbocycles. The summed E-state index contributed by atoms with van der Waals surface area (Å²) in [6.45, 7) is 2.12. The molecule has 4 heteroatoms. The van der Waals surface area contributed by atoms with Crippen molar-refractivity contribution >= 4 is 29.5 Å². The molecule has 0 fully saturated rings. The molecule has 0 unspecified atom stereocenters. The van der Waals surface area contributed by atoms with Gasteiger partial charge in [-0.05, 0) is 55.5 Å². The van der Waals surface area contributed by atoms with Gasteiger partial charge in [0.25, 0.3) is 0 Å². The number of carboxylic acid groups (broad SMARTS) is 1. The molecule has 1 rings (SSSR count). The first-order valence-electron chi connectivity index (χ1n) is 5.51. The fourth-order valence-corrected chi connectivity index (χ4v) is 3.10. The van der Waals surface area contributed by atoms with E-state index in [4.69, 9.17) is 5.11 Å². The van der Waals surface area contributed by atoms with Crippen molar-refractivity contribution in [3.05, 3.63) is 23.3 Å². The van der Waals surface area contributed by atoms with Crippen molar-refractivity contribution in [2.24, 2.45) is 0 Å². The lowest BCUT2D eigenvalue weighted by Crippen LogP contribution is -1.97. The number of benzene rings is 1. The SMILES string of the molecule is CSc1cc(CCCC(=O)O)c(SC)cc1C. The molecule has 0 heterocycles. The maximum Gasteiger partial charge on any atom is 0.303 e. The Morgan fingerprint density at radius 1 is 1.24 bits per heavy atom. The van der Waals surface area contributed by atoms with Gasteiger partial charge in [0.2, 0.25) is 0 Å². The Bertz CT molecular complexity index is 403. The minimum Gasteiger partial charge on any atom is -0.481 e. The first kappa shape index (κ1) is 14.5. The fraction of sp³-hybridized carbons (Fsp3) is 0.462. The van der Waals surface area contributed by atoms with Gasteiger partial charge in [-0.15, -0.1) is 23.5 Å². The monoisotopic (exact) mass is 270 g/mol. The van der Waals surface area contributed by atoms with Crippen molar-refractivity contribution in [3.8, 4) is 0 Å². The van der Waals surface area contributed by atoms with E-state index in [1.807, 2.05) is 0 Å². The number of hydrogen-bond donors (Lipinski definition) is 1. The van der Waals surface area contributed by atoms with Crippen molar-refractivity contribution < 1.29 is 9.90 Å². The van der Waals surface area contributed by atoms with Gasteiger partial charge in [0.1, 0.15) is 0 Å². The van der Waals surface area contributed by atoms with Gasteiger partial charge in [-0.3, -0.25) is 4.79 Å². The molecule has 2 nitrogen and oxygen atoms in total. The molecule has 17 heavy (non-hydrogen) atoms. The summed E-state index contributed by atoms with van der Waals surface area (Å²) in [5.41, 5.74) is 2.57. The number of hydrogen-bond acceptors (Lipinski definition) is 3. The van der Waals surface area contributed by atoms with Gasteiger partial charge >= 0.3 is 5.97 Å². The highest BCUT2D eigenvalue weighted by molar-refractivity contribution is 7.99. The van der Waals surface area contributed by atoms with Crippen LogP contribution in [-0.4, -0.2) is 23.6 Å². The minimum atomic E-state index is -0.715. The van der Waals surface area contributed by atoms with E-state index in [1.165, 1.54) is 20.9 Å². The molecule has 0 aliphatic carbocycles. The van der Waals surface area contributed by atoms with Gasteiger partial charge in [0.05, 0.1) is 0 Å². The lowest BCUT2D eigenvalue weighted by atomic mass is 10.1. The topological polar surface area (TPSA) is 37.3 Å². The first-order valence-corrected chi connectivity index (χ1v) is 7.96. The van der Waals surface area contributed by atoms with Crippen LogP contribution in [0, 0.1) is 6.92 Å². The average Bonchev–Trinajstić information content (AvgIpc) is 2.30. The number of aliphatic carboxylic acids is 1. The minimum absolute atomic E-state index is 0.246. The quantitative estimate of drug-likeness (QED) is 0.797. The second-order valence-electron chi connectivity index (χ2n) is 3.88. The van der Waals surface area contributed by atoms with E-state index in [-0.39, 0.29) is 6.42 Å². The summed E-state index contributed by atoms with van der Waals surface area (Å²) in [5, 5.41) is 8.65. The summed E-state index contributed by atoms with van der Waals surface area (Å²) in [5.74, 6) is -0.715. The first-order chi connectivity index (χ1) is 8.08. The zero-order valence-corrected chi connectivity index (χ0v) is 12.1. The zero-order chi connectivity index (χ0) is 12.8. The Labute approximate surface area is 111 Å². The molecule has 1 N–H and O–H groups in total. The normalized spacial score (nSPS) is 10.5. The van der Waals surface area contributed by atoms with Crippen LogP contribution >= 0.6 is 23.5 Å². The third-order valence-electron chi connectivity index (χ3n) is 2.63. The molecule has 0 aliphatic heterocycles. The molecule has 94 valence electrons. The van der Waals surface area contributed by atoms with Crippen molar-refractivity contribution in [1.82, 2.24) is 0 Å². The highest BCUT2D eigenvalue weighted by Crippen LogP contribution is 2.30. The molecule has 0 saturated heterocycles.